The summed E-state index contributed by atoms with van der Waals surface area (Å²) in [6, 6.07) is 5.11. The van der Waals surface area contributed by atoms with Crippen molar-refractivity contribution in [2.45, 2.75) is 31.7 Å². The lowest BCUT2D eigenvalue weighted by Gasteiger charge is -2.31. The van der Waals surface area contributed by atoms with Gasteiger partial charge in [0.05, 0.1) is 5.69 Å². The van der Waals surface area contributed by atoms with Crippen molar-refractivity contribution in [3.8, 4) is 0 Å². The molecule has 124 valence electrons. The predicted molar refractivity (Wildman–Crippen MR) is 94.2 cm³/mol. The zero-order valence-corrected chi connectivity index (χ0v) is 14.0. The van der Waals surface area contributed by atoms with Crippen molar-refractivity contribution in [2.24, 2.45) is 0 Å². The molecule has 2 aliphatic heterocycles. The molecule has 0 aromatic carbocycles. The Labute approximate surface area is 138 Å². The van der Waals surface area contributed by atoms with Gasteiger partial charge in [-0.15, -0.1) is 0 Å². The summed E-state index contributed by atoms with van der Waals surface area (Å²) in [7, 11) is 2.25. The molecule has 0 saturated carbocycles. The summed E-state index contributed by atoms with van der Waals surface area (Å²) in [5.74, 6) is 0. The summed E-state index contributed by atoms with van der Waals surface area (Å²) in [4.78, 5) is 9.83. The molecule has 1 N–H and O–H groups in total. The lowest BCUT2D eigenvalue weighted by molar-refractivity contribution is 0.184. The number of likely N-dealkylation sites (tertiary alicyclic amines) is 1. The summed E-state index contributed by atoms with van der Waals surface area (Å²) >= 11 is 0. The molecule has 5 heteroatoms. The highest BCUT2D eigenvalue weighted by molar-refractivity contribution is 5.57. The van der Waals surface area contributed by atoms with Crippen LogP contribution in [0.2, 0.25) is 0 Å². The SMILES string of the molecule is CN1CCCCC1Cc1cn2ccc(N3CCNCC3)cc2n1. The predicted octanol–water partition coefficient (Wildman–Crippen LogP) is 1.77. The number of rotatable bonds is 3. The maximum absolute atomic E-state index is 4.89. The molecular formula is C18H27N5. The van der Waals surface area contributed by atoms with Crippen molar-refractivity contribution in [3.05, 3.63) is 30.2 Å². The van der Waals surface area contributed by atoms with E-state index in [0.717, 1.165) is 38.2 Å². The van der Waals surface area contributed by atoms with E-state index in [2.05, 4.69) is 51.1 Å². The van der Waals surface area contributed by atoms with E-state index >= 15 is 0 Å². The number of imidazole rings is 1. The fourth-order valence-electron chi connectivity index (χ4n) is 3.89. The Bertz CT molecular complexity index is 658. The highest BCUT2D eigenvalue weighted by Gasteiger charge is 2.20. The van der Waals surface area contributed by atoms with Crippen LogP contribution in [-0.2, 0) is 6.42 Å². The van der Waals surface area contributed by atoms with E-state index in [-0.39, 0.29) is 0 Å². The minimum absolute atomic E-state index is 0.654. The number of hydrogen-bond donors (Lipinski definition) is 1. The van der Waals surface area contributed by atoms with Gasteiger partial charge in [0.15, 0.2) is 0 Å². The normalized spacial score (nSPS) is 23.5. The molecule has 2 aliphatic rings. The van der Waals surface area contributed by atoms with Crippen LogP contribution in [0, 0.1) is 0 Å². The maximum atomic E-state index is 4.89. The summed E-state index contributed by atoms with van der Waals surface area (Å²) in [6.45, 7) is 5.52. The van der Waals surface area contributed by atoms with E-state index in [9.17, 15) is 0 Å². The van der Waals surface area contributed by atoms with Gasteiger partial charge in [0.1, 0.15) is 5.65 Å². The Kier molecular flexibility index (Phi) is 4.23. The molecule has 2 saturated heterocycles. The second kappa shape index (κ2) is 6.49. The number of pyridine rings is 1. The second-order valence-corrected chi connectivity index (χ2v) is 6.95. The molecule has 1 atom stereocenters. The van der Waals surface area contributed by atoms with Crippen LogP contribution in [0.25, 0.3) is 5.65 Å². The number of piperazine rings is 1. The topological polar surface area (TPSA) is 35.8 Å². The molecular weight excluding hydrogens is 286 g/mol. The fraction of sp³-hybridized carbons (Fsp3) is 0.611. The Morgan fingerprint density at radius 1 is 1.22 bits per heavy atom. The van der Waals surface area contributed by atoms with Crippen molar-refractivity contribution < 1.29 is 0 Å². The Balaban J connectivity index is 1.53. The first-order chi connectivity index (χ1) is 11.3. The maximum Gasteiger partial charge on any atom is 0.139 e. The van der Waals surface area contributed by atoms with E-state index in [1.54, 1.807) is 0 Å². The van der Waals surface area contributed by atoms with Crippen molar-refractivity contribution in [1.82, 2.24) is 19.6 Å². The smallest absolute Gasteiger partial charge is 0.139 e. The Morgan fingerprint density at radius 3 is 2.91 bits per heavy atom. The largest absolute Gasteiger partial charge is 0.369 e. The summed E-state index contributed by atoms with van der Waals surface area (Å²) < 4.78 is 2.17. The third kappa shape index (κ3) is 3.21. The van der Waals surface area contributed by atoms with E-state index in [0.29, 0.717) is 6.04 Å². The standard InChI is InChI=1S/C18H27N5/c1-21-8-3-2-4-16(21)12-15-14-23-9-5-17(13-18(23)20-15)22-10-6-19-7-11-22/h5,9,13-14,16,19H,2-4,6-8,10-12H2,1H3. The van der Waals surface area contributed by atoms with Gasteiger partial charge < -0.3 is 19.5 Å². The van der Waals surface area contributed by atoms with Gasteiger partial charge in [-0.1, -0.05) is 6.42 Å². The molecule has 0 spiro atoms. The van der Waals surface area contributed by atoms with Crippen LogP contribution in [0.3, 0.4) is 0 Å². The van der Waals surface area contributed by atoms with Crippen LogP contribution in [0.5, 0.6) is 0 Å². The lowest BCUT2D eigenvalue weighted by atomic mass is 9.99. The van der Waals surface area contributed by atoms with Gasteiger partial charge >= 0.3 is 0 Å². The van der Waals surface area contributed by atoms with E-state index in [1.807, 2.05) is 0 Å². The fourth-order valence-corrected chi connectivity index (χ4v) is 3.89. The van der Waals surface area contributed by atoms with Gasteiger partial charge in [-0.25, -0.2) is 4.98 Å². The van der Waals surface area contributed by atoms with Crippen LogP contribution in [0.4, 0.5) is 5.69 Å². The molecule has 2 fully saturated rings. The third-order valence-corrected chi connectivity index (χ3v) is 5.34. The van der Waals surface area contributed by atoms with Gasteiger partial charge in [0.2, 0.25) is 0 Å². The van der Waals surface area contributed by atoms with E-state index in [1.165, 1.54) is 37.2 Å². The number of fused-ring (bicyclic) bond motifs is 1. The molecule has 5 nitrogen and oxygen atoms in total. The Hall–Kier alpha value is -1.59. The molecule has 4 rings (SSSR count). The number of nitrogens with one attached hydrogen (secondary N) is 1. The first-order valence-electron chi connectivity index (χ1n) is 8.93. The summed E-state index contributed by atoms with van der Waals surface area (Å²) in [6.07, 6.45) is 9.44. The van der Waals surface area contributed by atoms with Crippen LogP contribution >= 0.6 is 0 Å². The van der Waals surface area contributed by atoms with Gasteiger partial charge in [0.25, 0.3) is 0 Å². The zero-order valence-electron chi connectivity index (χ0n) is 14.0. The lowest BCUT2D eigenvalue weighted by Crippen LogP contribution is -2.43. The quantitative estimate of drug-likeness (QED) is 0.937. The number of anilines is 1. The average Bonchev–Trinajstić information content (AvgIpc) is 2.99. The van der Waals surface area contributed by atoms with Gasteiger partial charge in [-0.05, 0) is 32.5 Å². The number of piperidine rings is 1. The molecule has 2 aromatic rings. The third-order valence-electron chi connectivity index (χ3n) is 5.34. The van der Waals surface area contributed by atoms with Gasteiger partial charge in [-0.2, -0.15) is 0 Å². The van der Waals surface area contributed by atoms with Crippen molar-refractivity contribution in [2.75, 3.05) is 44.7 Å². The number of likely N-dealkylation sites (N-methyl/N-ethyl adjacent to an activating group) is 1. The van der Waals surface area contributed by atoms with Crippen LogP contribution in [-0.4, -0.2) is 60.1 Å². The van der Waals surface area contributed by atoms with Crippen LogP contribution in [0.1, 0.15) is 25.0 Å². The molecule has 23 heavy (non-hydrogen) atoms. The summed E-state index contributed by atoms with van der Waals surface area (Å²) in [5, 5.41) is 3.41. The van der Waals surface area contributed by atoms with Crippen molar-refractivity contribution >= 4 is 11.3 Å². The molecule has 0 amide bonds. The number of aromatic nitrogens is 2. The first kappa shape index (κ1) is 15.0. The molecule has 2 aromatic heterocycles. The van der Waals surface area contributed by atoms with Crippen LogP contribution < -0.4 is 10.2 Å². The highest BCUT2D eigenvalue weighted by Crippen LogP contribution is 2.21. The van der Waals surface area contributed by atoms with Gasteiger partial charge in [0, 0.05) is 62.8 Å². The first-order valence-corrected chi connectivity index (χ1v) is 8.93. The molecule has 4 heterocycles. The molecule has 0 bridgehead atoms. The average molecular weight is 313 g/mol. The second-order valence-electron chi connectivity index (χ2n) is 6.95. The highest BCUT2D eigenvalue weighted by atomic mass is 15.2. The minimum Gasteiger partial charge on any atom is -0.369 e. The van der Waals surface area contributed by atoms with Crippen molar-refractivity contribution in [3.63, 3.8) is 0 Å². The van der Waals surface area contributed by atoms with Crippen LogP contribution in [0.15, 0.2) is 24.5 Å². The molecule has 0 aliphatic carbocycles. The number of hydrogen-bond acceptors (Lipinski definition) is 4. The Morgan fingerprint density at radius 2 is 2.09 bits per heavy atom. The molecule has 0 radical (unpaired) electrons. The summed E-state index contributed by atoms with van der Waals surface area (Å²) in [5.41, 5.74) is 3.60. The minimum atomic E-state index is 0.654. The van der Waals surface area contributed by atoms with E-state index in [4.69, 9.17) is 4.98 Å². The van der Waals surface area contributed by atoms with E-state index < -0.39 is 0 Å². The zero-order chi connectivity index (χ0) is 15.6. The molecule has 1 unspecified atom stereocenters. The monoisotopic (exact) mass is 313 g/mol. The van der Waals surface area contributed by atoms with Gasteiger partial charge in [-0.3, -0.25) is 0 Å². The van der Waals surface area contributed by atoms with Crippen molar-refractivity contribution in [1.29, 1.82) is 0 Å². The number of nitrogens with zero attached hydrogens (tertiary/aromatic N) is 4.